The summed E-state index contributed by atoms with van der Waals surface area (Å²) in [5.41, 5.74) is 1.13. The molecule has 0 aliphatic rings. The van der Waals surface area contributed by atoms with Crippen LogP contribution in [0.5, 0.6) is 0 Å². The van der Waals surface area contributed by atoms with Gasteiger partial charge in [0.2, 0.25) is 0 Å². The maximum atomic E-state index is 5.17. The molecule has 0 fully saturated rings. The van der Waals surface area contributed by atoms with E-state index in [2.05, 4.69) is 55.8 Å². The van der Waals surface area contributed by atoms with Crippen molar-refractivity contribution in [3.05, 3.63) is 30.3 Å². The van der Waals surface area contributed by atoms with Crippen molar-refractivity contribution < 1.29 is 4.74 Å². The summed E-state index contributed by atoms with van der Waals surface area (Å²) in [6.07, 6.45) is 0. The molecule has 0 aliphatic carbocycles. The van der Waals surface area contributed by atoms with Crippen LogP contribution in [0.4, 0.5) is 5.69 Å². The molecule has 5 nitrogen and oxygen atoms in total. The van der Waals surface area contributed by atoms with Crippen molar-refractivity contribution in [2.75, 3.05) is 32.1 Å². The number of nitrogens with one attached hydrogen (secondary N) is 3. The van der Waals surface area contributed by atoms with Crippen molar-refractivity contribution in [3.8, 4) is 0 Å². The fraction of sp³-hybridized carbons (Fsp3) is 0.611. The SMILES string of the molecule is CCNC(=NCC(Nc1ccccc1)C(C)C)NC(C)COC. The fourth-order valence-corrected chi connectivity index (χ4v) is 2.21. The van der Waals surface area contributed by atoms with Gasteiger partial charge in [-0.2, -0.15) is 0 Å². The third kappa shape index (κ3) is 7.88. The Kier molecular flexibility index (Phi) is 9.14. The third-order valence-corrected chi connectivity index (χ3v) is 3.52. The molecule has 0 bridgehead atoms. The number of nitrogens with zero attached hydrogens (tertiary/aromatic N) is 1. The Balaban J connectivity index is 2.68. The molecule has 130 valence electrons. The number of rotatable bonds is 9. The lowest BCUT2D eigenvalue weighted by Crippen LogP contribution is -2.44. The molecule has 1 aromatic rings. The first-order chi connectivity index (χ1) is 11.1. The van der Waals surface area contributed by atoms with E-state index in [1.54, 1.807) is 7.11 Å². The van der Waals surface area contributed by atoms with E-state index in [-0.39, 0.29) is 12.1 Å². The van der Waals surface area contributed by atoms with Gasteiger partial charge in [0, 0.05) is 31.4 Å². The molecule has 23 heavy (non-hydrogen) atoms. The van der Waals surface area contributed by atoms with Crippen LogP contribution in [-0.2, 0) is 4.74 Å². The molecule has 0 amide bonds. The smallest absolute Gasteiger partial charge is 0.191 e. The van der Waals surface area contributed by atoms with Crippen LogP contribution in [0.25, 0.3) is 0 Å². The van der Waals surface area contributed by atoms with Crippen LogP contribution in [-0.4, -0.2) is 44.8 Å². The van der Waals surface area contributed by atoms with Crippen LogP contribution in [0.3, 0.4) is 0 Å². The average Bonchev–Trinajstić information content (AvgIpc) is 2.52. The summed E-state index contributed by atoms with van der Waals surface area (Å²) in [4.78, 5) is 4.73. The highest BCUT2D eigenvalue weighted by Crippen LogP contribution is 2.12. The monoisotopic (exact) mass is 320 g/mol. The zero-order valence-corrected chi connectivity index (χ0v) is 15.1. The maximum absolute atomic E-state index is 5.17. The quantitative estimate of drug-likeness (QED) is 0.484. The molecule has 0 aliphatic heterocycles. The van der Waals surface area contributed by atoms with Gasteiger partial charge in [0.1, 0.15) is 0 Å². The number of aliphatic imine (C=N–C) groups is 1. The van der Waals surface area contributed by atoms with Crippen molar-refractivity contribution in [2.24, 2.45) is 10.9 Å². The van der Waals surface area contributed by atoms with E-state index in [1.807, 2.05) is 18.2 Å². The van der Waals surface area contributed by atoms with Crippen LogP contribution in [0.1, 0.15) is 27.7 Å². The molecule has 0 heterocycles. The lowest BCUT2D eigenvalue weighted by Gasteiger charge is -2.23. The molecule has 2 atom stereocenters. The molecular weight excluding hydrogens is 288 g/mol. The molecule has 0 saturated carbocycles. The minimum absolute atomic E-state index is 0.220. The van der Waals surface area contributed by atoms with Crippen LogP contribution >= 0.6 is 0 Å². The summed E-state index contributed by atoms with van der Waals surface area (Å²) in [5, 5.41) is 10.2. The van der Waals surface area contributed by atoms with Crippen molar-refractivity contribution in [1.29, 1.82) is 0 Å². The van der Waals surface area contributed by atoms with E-state index < -0.39 is 0 Å². The number of methoxy groups -OCH3 is 1. The maximum Gasteiger partial charge on any atom is 0.191 e. The number of anilines is 1. The Bertz CT molecular complexity index is 448. The first-order valence-corrected chi connectivity index (χ1v) is 8.42. The number of benzene rings is 1. The average molecular weight is 320 g/mol. The number of para-hydroxylation sites is 1. The molecule has 5 heteroatoms. The molecule has 0 saturated heterocycles. The van der Waals surface area contributed by atoms with Gasteiger partial charge in [-0.1, -0.05) is 32.0 Å². The van der Waals surface area contributed by atoms with Gasteiger partial charge in [0.25, 0.3) is 0 Å². The van der Waals surface area contributed by atoms with Gasteiger partial charge in [-0.3, -0.25) is 4.99 Å². The molecule has 1 rings (SSSR count). The van der Waals surface area contributed by atoms with Gasteiger partial charge in [-0.25, -0.2) is 0 Å². The van der Waals surface area contributed by atoms with Gasteiger partial charge < -0.3 is 20.7 Å². The zero-order valence-electron chi connectivity index (χ0n) is 15.1. The minimum Gasteiger partial charge on any atom is -0.383 e. The first kappa shape index (κ1) is 19.3. The molecular formula is C18H32N4O. The highest BCUT2D eigenvalue weighted by Gasteiger charge is 2.13. The molecule has 1 aromatic carbocycles. The Morgan fingerprint density at radius 2 is 1.87 bits per heavy atom. The largest absolute Gasteiger partial charge is 0.383 e. The highest BCUT2D eigenvalue weighted by molar-refractivity contribution is 5.80. The van der Waals surface area contributed by atoms with Gasteiger partial charge in [-0.15, -0.1) is 0 Å². The minimum atomic E-state index is 0.220. The van der Waals surface area contributed by atoms with Crippen LogP contribution in [0, 0.1) is 5.92 Å². The van der Waals surface area contributed by atoms with E-state index in [9.17, 15) is 0 Å². The second-order valence-corrected chi connectivity index (χ2v) is 6.08. The Hall–Kier alpha value is -1.75. The van der Waals surface area contributed by atoms with E-state index in [0.717, 1.165) is 18.2 Å². The lowest BCUT2D eigenvalue weighted by molar-refractivity contribution is 0.179. The molecule has 3 N–H and O–H groups in total. The van der Waals surface area contributed by atoms with Crippen LogP contribution in [0.15, 0.2) is 35.3 Å². The van der Waals surface area contributed by atoms with Crippen molar-refractivity contribution >= 4 is 11.6 Å². The van der Waals surface area contributed by atoms with Gasteiger partial charge >= 0.3 is 0 Å². The topological polar surface area (TPSA) is 57.7 Å². The summed E-state index contributed by atoms with van der Waals surface area (Å²) >= 11 is 0. The molecule has 0 aromatic heterocycles. The van der Waals surface area contributed by atoms with E-state index in [0.29, 0.717) is 19.1 Å². The molecule has 0 spiro atoms. The van der Waals surface area contributed by atoms with Crippen molar-refractivity contribution in [1.82, 2.24) is 10.6 Å². The zero-order chi connectivity index (χ0) is 17.1. The number of hydrogen-bond donors (Lipinski definition) is 3. The first-order valence-electron chi connectivity index (χ1n) is 8.42. The van der Waals surface area contributed by atoms with Crippen molar-refractivity contribution in [3.63, 3.8) is 0 Å². The summed E-state index contributed by atoms with van der Waals surface area (Å²) in [5.74, 6) is 1.32. The molecule has 2 unspecified atom stereocenters. The normalized spacial score (nSPS) is 14.4. The Morgan fingerprint density at radius 3 is 2.43 bits per heavy atom. The van der Waals surface area contributed by atoms with Gasteiger partial charge in [-0.05, 0) is 31.9 Å². The van der Waals surface area contributed by atoms with E-state index >= 15 is 0 Å². The van der Waals surface area contributed by atoms with Crippen LogP contribution < -0.4 is 16.0 Å². The Morgan fingerprint density at radius 1 is 1.17 bits per heavy atom. The van der Waals surface area contributed by atoms with E-state index in [1.165, 1.54) is 0 Å². The second kappa shape index (κ2) is 10.9. The Labute approximate surface area is 140 Å². The number of hydrogen-bond acceptors (Lipinski definition) is 3. The number of guanidine groups is 1. The molecule has 0 radical (unpaired) electrons. The van der Waals surface area contributed by atoms with Crippen molar-refractivity contribution in [2.45, 2.75) is 39.8 Å². The lowest BCUT2D eigenvalue weighted by atomic mass is 10.0. The summed E-state index contributed by atoms with van der Waals surface area (Å²) < 4.78 is 5.17. The second-order valence-electron chi connectivity index (χ2n) is 6.08. The highest BCUT2D eigenvalue weighted by atomic mass is 16.5. The summed E-state index contributed by atoms with van der Waals surface area (Å²) in [7, 11) is 1.71. The summed E-state index contributed by atoms with van der Waals surface area (Å²) in [6.45, 7) is 10.8. The predicted octanol–water partition coefficient (Wildman–Crippen LogP) is 2.71. The van der Waals surface area contributed by atoms with E-state index in [4.69, 9.17) is 9.73 Å². The standard InChI is InChI=1S/C18H32N4O/c1-6-19-18(21-15(4)13-23-5)20-12-17(14(2)3)22-16-10-8-7-9-11-16/h7-11,14-15,17,22H,6,12-13H2,1-5H3,(H2,19,20,21). The van der Waals surface area contributed by atoms with Crippen LogP contribution in [0.2, 0.25) is 0 Å². The summed E-state index contributed by atoms with van der Waals surface area (Å²) in [6, 6.07) is 10.8. The third-order valence-electron chi connectivity index (χ3n) is 3.52. The number of ether oxygens (including phenoxy) is 1. The fourth-order valence-electron chi connectivity index (χ4n) is 2.21. The van der Waals surface area contributed by atoms with Gasteiger partial charge in [0.15, 0.2) is 5.96 Å². The van der Waals surface area contributed by atoms with Gasteiger partial charge in [0.05, 0.1) is 13.2 Å². The predicted molar refractivity (Wildman–Crippen MR) is 99.1 cm³/mol.